The van der Waals surface area contributed by atoms with Gasteiger partial charge in [0.05, 0.1) is 17.7 Å². The number of carboxylic acids is 1. The first-order valence-corrected chi connectivity index (χ1v) is 8.22. The molecule has 1 aliphatic heterocycles. The van der Waals surface area contributed by atoms with E-state index in [0.29, 0.717) is 18.8 Å². The van der Waals surface area contributed by atoms with Gasteiger partial charge >= 0.3 is 5.97 Å². The van der Waals surface area contributed by atoms with Crippen LogP contribution in [0.15, 0.2) is 55.0 Å². The molecule has 3 aromatic rings. The minimum Gasteiger partial charge on any atom is -0.480 e. The monoisotopic (exact) mass is 334 g/mol. The smallest absolute Gasteiger partial charge is 0.327 e. The number of carbonyl (C=O) groups is 1. The van der Waals surface area contributed by atoms with Crippen molar-refractivity contribution in [3.63, 3.8) is 0 Å². The van der Waals surface area contributed by atoms with Crippen LogP contribution < -0.4 is 0 Å². The Balaban J connectivity index is 1.61. The van der Waals surface area contributed by atoms with Crippen LogP contribution in [0.4, 0.5) is 0 Å². The maximum absolute atomic E-state index is 11.8. The van der Waals surface area contributed by atoms with Crippen LogP contribution in [0.3, 0.4) is 0 Å². The highest BCUT2D eigenvalue weighted by Gasteiger charge is 2.34. The number of nitrogens with one attached hydrogen (secondary N) is 1. The van der Waals surface area contributed by atoms with Crippen molar-refractivity contribution in [1.29, 1.82) is 0 Å². The van der Waals surface area contributed by atoms with E-state index < -0.39 is 12.0 Å². The SMILES string of the molecule is O=C(O)[C@@H]1c2nc[nH]c2CCN1Cc1cccc(-c2ccccn2)c1. The zero-order chi connectivity index (χ0) is 17.2. The first-order valence-electron chi connectivity index (χ1n) is 8.22. The number of aliphatic carboxylic acids is 1. The average molecular weight is 334 g/mol. The van der Waals surface area contributed by atoms with E-state index in [9.17, 15) is 9.90 Å². The van der Waals surface area contributed by atoms with Gasteiger partial charge < -0.3 is 10.1 Å². The fourth-order valence-electron chi connectivity index (χ4n) is 3.37. The molecule has 6 nitrogen and oxygen atoms in total. The minimum absolute atomic E-state index is 0.559. The first kappa shape index (κ1) is 15.5. The lowest BCUT2D eigenvalue weighted by Crippen LogP contribution is -2.39. The Morgan fingerprint density at radius 1 is 1.24 bits per heavy atom. The second-order valence-corrected chi connectivity index (χ2v) is 6.14. The van der Waals surface area contributed by atoms with Crippen LogP contribution in [0.1, 0.15) is 23.0 Å². The standard InChI is InChI=1S/C19H18N4O2/c24-19(25)18-17-16(21-12-22-17)7-9-23(18)11-13-4-3-5-14(10-13)15-6-1-2-8-20-15/h1-6,8,10,12,18H,7,9,11H2,(H,21,22)(H,24,25)/t18-/m0/s1. The lowest BCUT2D eigenvalue weighted by atomic mass is 10.0. The summed E-state index contributed by atoms with van der Waals surface area (Å²) in [7, 11) is 0. The molecular formula is C19H18N4O2. The molecule has 126 valence electrons. The van der Waals surface area contributed by atoms with Crippen molar-refractivity contribution in [2.75, 3.05) is 6.54 Å². The predicted octanol–water partition coefficient (Wildman–Crippen LogP) is 2.66. The Bertz CT molecular complexity index is 891. The number of fused-ring (bicyclic) bond motifs is 1. The molecular weight excluding hydrogens is 316 g/mol. The fraction of sp³-hybridized carbons (Fsp3) is 0.211. The van der Waals surface area contributed by atoms with Gasteiger partial charge in [0.15, 0.2) is 6.04 Å². The van der Waals surface area contributed by atoms with Crippen molar-refractivity contribution in [1.82, 2.24) is 19.9 Å². The molecule has 1 aromatic carbocycles. The summed E-state index contributed by atoms with van der Waals surface area (Å²) in [5.41, 5.74) is 4.55. The third-order valence-electron chi connectivity index (χ3n) is 4.53. The summed E-state index contributed by atoms with van der Waals surface area (Å²) in [4.78, 5) is 25.4. The number of rotatable bonds is 4. The number of benzene rings is 1. The van der Waals surface area contributed by atoms with Gasteiger partial charge in [0.25, 0.3) is 0 Å². The quantitative estimate of drug-likeness (QED) is 0.766. The highest BCUT2D eigenvalue weighted by atomic mass is 16.4. The van der Waals surface area contributed by atoms with Crippen LogP contribution in [0.25, 0.3) is 11.3 Å². The van der Waals surface area contributed by atoms with Crippen molar-refractivity contribution >= 4 is 5.97 Å². The van der Waals surface area contributed by atoms with Gasteiger partial charge in [-0.1, -0.05) is 24.3 Å². The molecule has 0 bridgehead atoms. The topological polar surface area (TPSA) is 82.1 Å². The normalized spacial score (nSPS) is 17.2. The summed E-state index contributed by atoms with van der Waals surface area (Å²) in [6, 6.07) is 13.2. The fourth-order valence-corrected chi connectivity index (χ4v) is 3.37. The highest BCUT2D eigenvalue weighted by Crippen LogP contribution is 2.29. The van der Waals surface area contributed by atoms with E-state index in [1.54, 1.807) is 12.5 Å². The highest BCUT2D eigenvalue weighted by molar-refractivity contribution is 5.75. The lowest BCUT2D eigenvalue weighted by molar-refractivity contribution is -0.144. The molecule has 0 saturated heterocycles. The predicted molar refractivity (Wildman–Crippen MR) is 92.8 cm³/mol. The van der Waals surface area contributed by atoms with Crippen molar-refractivity contribution in [2.45, 2.75) is 19.0 Å². The minimum atomic E-state index is -0.867. The van der Waals surface area contributed by atoms with E-state index in [4.69, 9.17) is 0 Å². The first-order chi connectivity index (χ1) is 12.2. The molecule has 0 fully saturated rings. The second-order valence-electron chi connectivity index (χ2n) is 6.14. The maximum atomic E-state index is 11.8. The second kappa shape index (κ2) is 6.49. The molecule has 0 amide bonds. The Morgan fingerprint density at radius 2 is 2.16 bits per heavy atom. The summed E-state index contributed by atoms with van der Waals surface area (Å²) in [5, 5.41) is 9.68. The molecule has 25 heavy (non-hydrogen) atoms. The summed E-state index contributed by atoms with van der Waals surface area (Å²) in [6.45, 7) is 1.24. The molecule has 6 heteroatoms. The molecule has 2 N–H and O–H groups in total. The molecule has 0 unspecified atom stereocenters. The zero-order valence-corrected chi connectivity index (χ0v) is 13.6. The van der Waals surface area contributed by atoms with Gasteiger partial charge in [-0.2, -0.15) is 0 Å². The molecule has 1 aliphatic rings. The molecule has 0 spiro atoms. The number of aromatic nitrogens is 3. The van der Waals surface area contributed by atoms with Gasteiger partial charge in [0.1, 0.15) is 0 Å². The number of imidazole rings is 1. The number of pyridine rings is 1. The number of carboxylic acid groups (broad SMARTS) is 1. The Kier molecular flexibility index (Phi) is 4.03. The van der Waals surface area contributed by atoms with Gasteiger partial charge in [0, 0.05) is 37.0 Å². The van der Waals surface area contributed by atoms with E-state index in [0.717, 1.165) is 28.9 Å². The van der Waals surface area contributed by atoms with Crippen molar-refractivity contribution in [2.24, 2.45) is 0 Å². The summed E-state index contributed by atoms with van der Waals surface area (Å²) in [5.74, 6) is -0.867. The number of aromatic amines is 1. The molecule has 0 saturated carbocycles. The van der Waals surface area contributed by atoms with Crippen molar-refractivity contribution in [3.05, 3.63) is 71.9 Å². The van der Waals surface area contributed by atoms with Gasteiger partial charge in [-0.3, -0.25) is 14.7 Å². The van der Waals surface area contributed by atoms with Crippen LogP contribution in [0, 0.1) is 0 Å². The van der Waals surface area contributed by atoms with Crippen LogP contribution in [0.2, 0.25) is 0 Å². The zero-order valence-electron chi connectivity index (χ0n) is 13.6. The summed E-state index contributed by atoms with van der Waals surface area (Å²) >= 11 is 0. The number of hydrogen-bond acceptors (Lipinski definition) is 4. The maximum Gasteiger partial charge on any atom is 0.327 e. The van der Waals surface area contributed by atoms with Gasteiger partial charge in [-0.05, 0) is 23.8 Å². The molecule has 0 aliphatic carbocycles. The molecule has 2 aromatic heterocycles. The van der Waals surface area contributed by atoms with Crippen LogP contribution in [-0.2, 0) is 17.8 Å². The summed E-state index contributed by atoms with van der Waals surface area (Å²) in [6.07, 6.45) is 4.12. The molecule has 1 atom stereocenters. The van der Waals surface area contributed by atoms with Gasteiger partial charge in [-0.25, -0.2) is 4.98 Å². The van der Waals surface area contributed by atoms with Crippen LogP contribution in [-0.4, -0.2) is 37.5 Å². The van der Waals surface area contributed by atoms with Crippen molar-refractivity contribution in [3.8, 4) is 11.3 Å². The summed E-state index contributed by atoms with van der Waals surface area (Å²) < 4.78 is 0. The van der Waals surface area contributed by atoms with Crippen LogP contribution in [0.5, 0.6) is 0 Å². The molecule has 4 rings (SSSR count). The van der Waals surface area contributed by atoms with Gasteiger partial charge in [0.2, 0.25) is 0 Å². The van der Waals surface area contributed by atoms with E-state index in [1.165, 1.54) is 0 Å². The Hall–Kier alpha value is -2.99. The van der Waals surface area contributed by atoms with Crippen LogP contribution >= 0.6 is 0 Å². The van der Waals surface area contributed by atoms with E-state index >= 15 is 0 Å². The number of hydrogen-bond donors (Lipinski definition) is 2. The Morgan fingerprint density at radius 3 is 2.96 bits per heavy atom. The largest absolute Gasteiger partial charge is 0.480 e. The third-order valence-corrected chi connectivity index (χ3v) is 4.53. The lowest BCUT2D eigenvalue weighted by Gasteiger charge is -2.32. The number of nitrogens with zero attached hydrogens (tertiary/aromatic N) is 3. The average Bonchev–Trinajstić information content (AvgIpc) is 3.11. The third kappa shape index (κ3) is 3.04. The van der Waals surface area contributed by atoms with Crippen molar-refractivity contribution < 1.29 is 9.90 Å². The van der Waals surface area contributed by atoms with Gasteiger partial charge in [-0.15, -0.1) is 0 Å². The molecule has 0 radical (unpaired) electrons. The number of H-pyrrole nitrogens is 1. The van der Waals surface area contributed by atoms with E-state index in [2.05, 4.69) is 21.0 Å². The molecule has 3 heterocycles. The van der Waals surface area contributed by atoms with E-state index in [1.807, 2.05) is 41.3 Å². The Labute approximate surface area is 145 Å². The van der Waals surface area contributed by atoms with E-state index in [-0.39, 0.29) is 0 Å².